The molecule has 0 aliphatic heterocycles. The largest absolute Gasteiger partial charge is 0.496 e. The molecule has 2 aromatic heterocycles. The fourth-order valence-corrected chi connectivity index (χ4v) is 5.17. The van der Waals surface area contributed by atoms with Gasteiger partial charge in [-0.2, -0.15) is 5.10 Å². The highest BCUT2D eigenvalue weighted by atomic mass is 35.5. The lowest BCUT2D eigenvalue weighted by molar-refractivity contribution is 0.102. The van der Waals surface area contributed by atoms with Crippen LogP contribution >= 0.6 is 11.6 Å². The van der Waals surface area contributed by atoms with E-state index >= 15 is 0 Å². The molecule has 0 bridgehead atoms. The fourth-order valence-electron chi connectivity index (χ4n) is 4.99. The highest BCUT2D eigenvalue weighted by Crippen LogP contribution is 2.47. The van der Waals surface area contributed by atoms with Crippen molar-refractivity contribution in [1.82, 2.24) is 19.7 Å². The van der Waals surface area contributed by atoms with Crippen LogP contribution in [-0.2, 0) is 7.05 Å². The number of carbonyl (C=O) groups excluding carboxylic acids is 1. The molecule has 0 spiro atoms. The number of methoxy groups -OCH3 is 1. The lowest BCUT2D eigenvalue weighted by atomic mass is 9.92. The minimum atomic E-state index is -0.554. The first-order valence-corrected chi connectivity index (χ1v) is 12.0. The predicted octanol–water partition coefficient (Wildman–Crippen LogP) is 5.50. The normalized spacial score (nSPS) is 17.3. The van der Waals surface area contributed by atoms with Crippen molar-refractivity contribution in [2.24, 2.45) is 7.05 Å². The second-order valence-electron chi connectivity index (χ2n) is 8.98. The number of aryl methyl sites for hydroxylation is 1. The molecule has 8 nitrogen and oxygen atoms in total. The average Bonchev–Trinajstić information content (AvgIpc) is 3.62. The minimum Gasteiger partial charge on any atom is -0.496 e. The Balaban J connectivity index is 1.39. The number of imidazole rings is 1. The van der Waals surface area contributed by atoms with Crippen LogP contribution in [0.25, 0.3) is 11.3 Å². The van der Waals surface area contributed by atoms with Gasteiger partial charge in [0, 0.05) is 24.2 Å². The number of carbonyl (C=O) groups is 1. The molecule has 10 heteroatoms. The van der Waals surface area contributed by atoms with Gasteiger partial charge in [0.1, 0.15) is 22.9 Å². The fraction of sp³-hybridized carbons (Fsp3) is 0.269. The summed E-state index contributed by atoms with van der Waals surface area (Å²) in [6, 6.07) is 10.2. The molecule has 0 unspecified atom stereocenters. The third kappa shape index (κ3) is 4.42. The van der Waals surface area contributed by atoms with Crippen LogP contribution in [0, 0.1) is 5.82 Å². The summed E-state index contributed by atoms with van der Waals surface area (Å²) in [5.41, 5.74) is 10.7. The molecule has 1 aliphatic rings. The van der Waals surface area contributed by atoms with Crippen LogP contribution in [0.3, 0.4) is 0 Å². The molecule has 1 amide bonds. The first-order chi connectivity index (χ1) is 17.4. The van der Waals surface area contributed by atoms with Gasteiger partial charge in [0.2, 0.25) is 0 Å². The number of hydrogen-bond acceptors (Lipinski definition) is 5. The number of nitrogens with zero attached hydrogens (tertiary/aromatic N) is 3. The third-order valence-electron chi connectivity index (χ3n) is 6.83. The Kier molecular flexibility index (Phi) is 6.40. The summed E-state index contributed by atoms with van der Waals surface area (Å²) >= 11 is 5.87. The summed E-state index contributed by atoms with van der Waals surface area (Å²) < 4.78 is 20.8. The summed E-state index contributed by atoms with van der Waals surface area (Å²) in [6.45, 7) is 0. The molecule has 36 heavy (non-hydrogen) atoms. The number of aromatic nitrogens is 4. The van der Waals surface area contributed by atoms with Crippen molar-refractivity contribution in [2.75, 3.05) is 18.2 Å². The Morgan fingerprint density at radius 1 is 1.25 bits per heavy atom. The Morgan fingerprint density at radius 3 is 2.78 bits per heavy atom. The van der Waals surface area contributed by atoms with E-state index in [0.29, 0.717) is 16.9 Å². The van der Waals surface area contributed by atoms with Gasteiger partial charge in [0.05, 0.1) is 36.0 Å². The van der Waals surface area contributed by atoms with E-state index in [1.807, 2.05) is 6.07 Å². The zero-order valence-electron chi connectivity index (χ0n) is 19.9. The zero-order chi connectivity index (χ0) is 25.4. The van der Waals surface area contributed by atoms with Crippen LogP contribution in [0.15, 0.2) is 48.9 Å². The number of H-pyrrole nitrogens is 1. The van der Waals surface area contributed by atoms with E-state index in [1.165, 1.54) is 22.9 Å². The van der Waals surface area contributed by atoms with Crippen LogP contribution < -0.4 is 15.8 Å². The van der Waals surface area contributed by atoms with E-state index in [0.717, 1.165) is 41.8 Å². The van der Waals surface area contributed by atoms with Crippen molar-refractivity contribution < 1.29 is 13.9 Å². The van der Waals surface area contributed by atoms with Crippen LogP contribution in [0.4, 0.5) is 15.9 Å². The summed E-state index contributed by atoms with van der Waals surface area (Å²) in [7, 11) is 3.39. The molecule has 4 aromatic rings. The minimum absolute atomic E-state index is 0.0491. The predicted molar refractivity (Wildman–Crippen MR) is 137 cm³/mol. The molecular weight excluding hydrogens is 483 g/mol. The Morgan fingerprint density at radius 2 is 2.06 bits per heavy atom. The Hall–Kier alpha value is -3.85. The third-order valence-corrected chi connectivity index (χ3v) is 7.11. The number of rotatable bonds is 6. The molecule has 5 rings (SSSR count). The van der Waals surface area contributed by atoms with Gasteiger partial charge < -0.3 is 20.8 Å². The molecule has 0 saturated heterocycles. The van der Waals surface area contributed by atoms with E-state index in [-0.39, 0.29) is 22.7 Å². The van der Waals surface area contributed by atoms with Gasteiger partial charge in [-0.05, 0) is 55.0 Å². The van der Waals surface area contributed by atoms with Gasteiger partial charge in [-0.25, -0.2) is 9.37 Å². The Bertz CT molecular complexity index is 1420. The van der Waals surface area contributed by atoms with Gasteiger partial charge in [0.15, 0.2) is 0 Å². The average molecular weight is 509 g/mol. The second-order valence-corrected chi connectivity index (χ2v) is 9.39. The van der Waals surface area contributed by atoms with Gasteiger partial charge >= 0.3 is 0 Å². The molecule has 0 radical (unpaired) electrons. The smallest absolute Gasteiger partial charge is 0.261 e. The number of anilines is 2. The first kappa shape index (κ1) is 23.9. The van der Waals surface area contributed by atoms with Crippen molar-refractivity contribution in [3.8, 4) is 17.0 Å². The number of halogens is 2. The summed E-state index contributed by atoms with van der Waals surface area (Å²) in [4.78, 5) is 20.4. The lowest BCUT2D eigenvalue weighted by Crippen LogP contribution is -2.16. The van der Waals surface area contributed by atoms with Crippen molar-refractivity contribution in [3.63, 3.8) is 0 Å². The molecule has 1 fully saturated rings. The van der Waals surface area contributed by atoms with Gasteiger partial charge in [-0.3, -0.25) is 9.48 Å². The van der Waals surface area contributed by atoms with Crippen LogP contribution in [0.2, 0.25) is 5.02 Å². The lowest BCUT2D eigenvalue weighted by Gasteiger charge is -2.16. The molecular formula is C26H26ClFN6O2. The molecule has 186 valence electrons. The highest BCUT2D eigenvalue weighted by Gasteiger charge is 2.34. The summed E-state index contributed by atoms with van der Waals surface area (Å²) in [5.74, 6) is 0.438. The number of aromatic amines is 1. The molecule has 2 aromatic carbocycles. The maximum atomic E-state index is 13.5. The van der Waals surface area contributed by atoms with Gasteiger partial charge in [0.25, 0.3) is 5.91 Å². The number of nitrogen functional groups attached to an aromatic ring is 1. The van der Waals surface area contributed by atoms with E-state index in [9.17, 15) is 9.18 Å². The first-order valence-electron chi connectivity index (χ1n) is 11.6. The van der Waals surface area contributed by atoms with Crippen LogP contribution in [-0.4, -0.2) is 32.8 Å². The van der Waals surface area contributed by atoms with Crippen LogP contribution in [0.5, 0.6) is 5.75 Å². The van der Waals surface area contributed by atoms with Crippen LogP contribution in [0.1, 0.15) is 52.7 Å². The summed E-state index contributed by atoms with van der Waals surface area (Å²) in [5, 5.41) is 7.31. The van der Waals surface area contributed by atoms with Gasteiger partial charge in [-0.15, -0.1) is 0 Å². The quantitative estimate of drug-likeness (QED) is 0.318. The van der Waals surface area contributed by atoms with E-state index in [2.05, 4.69) is 32.5 Å². The van der Waals surface area contributed by atoms with E-state index in [4.69, 9.17) is 22.1 Å². The van der Waals surface area contributed by atoms with E-state index < -0.39 is 11.7 Å². The number of nitrogens with two attached hydrogens (primary N) is 1. The SMILES string of the molecule is COc1cc(-c2cnc[nH]2)ccc1[C@@H]1CC[C@@H](c2nn(C)c(N)c2C(=O)Nc2ccc(F)c(Cl)c2)C1. The second kappa shape index (κ2) is 9.66. The Labute approximate surface area is 212 Å². The maximum Gasteiger partial charge on any atom is 0.261 e. The molecule has 4 N–H and O–H groups in total. The zero-order valence-corrected chi connectivity index (χ0v) is 20.6. The number of hydrogen-bond donors (Lipinski definition) is 3. The number of amides is 1. The van der Waals surface area contributed by atoms with Gasteiger partial charge in [-0.1, -0.05) is 23.7 Å². The molecule has 1 saturated carbocycles. The van der Waals surface area contributed by atoms with Crippen molar-refractivity contribution in [3.05, 3.63) is 76.6 Å². The van der Waals surface area contributed by atoms with Crippen molar-refractivity contribution in [1.29, 1.82) is 0 Å². The molecule has 2 heterocycles. The van der Waals surface area contributed by atoms with Crippen molar-refractivity contribution >= 4 is 29.0 Å². The highest BCUT2D eigenvalue weighted by molar-refractivity contribution is 6.31. The standard InChI is InChI=1S/C26H26ClFN6O2/c1-34-25(29)23(26(35)32-17-6-8-20(28)19(27)11-17)24(33-34)16-4-3-14(9-16)18-7-5-15(10-22(18)36-2)21-12-30-13-31-21/h5-8,10-14,16H,3-4,9,29H2,1-2H3,(H,30,31)(H,32,35)/t14-,16-/m1/s1. The number of ether oxygens (including phenoxy) is 1. The summed E-state index contributed by atoms with van der Waals surface area (Å²) in [6.07, 6.45) is 6.01. The maximum absolute atomic E-state index is 13.5. The number of benzene rings is 2. The molecule has 2 atom stereocenters. The topological polar surface area (TPSA) is 111 Å². The molecule has 1 aliphatic carbocycles. The van der Waals surface area contributed by atoms with E-state index in [1.54, 1.807) is 26.7 Å². The number of nitrogens with one attached hydrogen (secondary N) is 2. The monoisotopic (exact) mass is 508 g/mol. The van der Waals surface area contributed by atoms with Crippen molar-refractivity contribution in [2.45, 2.75) is 31.1 Å².